The summed E-state index contributed by atoms with van der Waals surface area (Å²) in [7, 11) is 0. The first kappa shape index (κ1) is 17.9. The Morgan fingerprint density at radius 3 is 2.63 bits per heavy atom. The summed E-state index contributed by atoms with van der Waals surface area (Å²) in [6.45, 7) is 0.251. The molecule has 0 amide bonds. The van der Waals surface area contributed by atoms with Gasteiger partial charge in [0.1, 0.15) is 5.75 Å². The van der Waals surface area contributed by atoms with E-state index in [1.807, 2.05) is 53.5 Å². The van der Waals surface area contributed by atoms with Crippen LogP contribution >= 0.6 is 23.2 Å². The highest BCUT2D eigenvalue weighted by Gasteiger charge is 2.41. The summed E-state index contributed by atoms with van der Waals surface area (Å²) in [5, 5.41) is 7.99. The largest absolute Gasteiger partial charge is 0.464 e. The van der Waals surface area contributed by atoms with Gasteiger partial charge in [0.25, 0.3) is 0 Å². The van der Waals surface area contributed by atoms with E-state index in [1.165, 1.54) is 0 Å². The molecule has 0 N–H and O–H groups in total. The lowest BCUT2D eigenvalue weighted by atomic mass is 9.96. The first-order valence-corrected chi connectivity index (χ1v) is 10.4. The number of hydrogen-bond acceptors (Lipinski definition) is 5. The fourth-order valence-corrected chi connectivity index (χ4v) is 4.48. The number of benzene rings is 3. The molecule has 5 nitrogen and oxygen atoms in total. The van der Waals surface area contributed by atoms with Crippen molar-refractivity contribution in [1.29, 1.82) is 0 Å². The summed E-state index contributed by atoms with van der Waals surface area (Å²) in [6.07, 6.45) is 0.365. The van der Waals surface area contributed by atoms with Crippen molar-refractivity contribution in [1.82, 2.24) is 5.01 Å². The number of fused-ring (bicyclic) bond motifs is 4. The Labute approximate surface area is 183 Å². The molecule has 6 rings (SSSR count). The second-order valence-corrected chi connectivity index (χ2v) is 8.21. The Kier molecular flexibility index (Phi) is 4.08. The van der Waals surface area contributed by atoms with Crippen molar-refractivity contribution in [3.8, 4) is 17.2 Å². The Morgan fingerprint density at radius 1 is 0.867 bits per heavy atom. The molecule has 0 spiro atoms. The summed E-state index contributed by atoms with van der Waals surface area (Å²) < 4.78 is 17.3. The molecular weight excluding hydrogens is 423 g/mol. The number of ether oxygens (including phenoxy) is 3. The molecule has 3 aliphatic heterocycles. The molecule has 0 fully saturated rings. The van der Waals surface area contributed by atoms with Crippen LogP contribution in [0.1, 0.15) is 35.4 Å². The second-order valence-electron chi connectivity index (χ2n) is 7.40. The quantitative estimate of drug-likeness (QED) is 0.494. The van der Waals surface area contributed by atoms with Crippen molar-refractivity contribution in [2.45, 2.75) is 18.7 Å². The monoisotopic (exact) mass is 438 g/mol. The maximum atomic E-state index is 6.36. The molecule has 3 aromatic carbocycles. The van der Waals surface area contributed by atoms with Gasteiger partial charge in [-0.05, 0) is 36.4 Å². The smallest absolute Gasteiger partial charge is 0.231 e. The minimum atomic E-state index is -0.397. The van der Waals surface area contributed by atoms with E-state index >= 15 is 0 Å². The van der Waals surface area contributed by atoms with Gasteiger partial charge in [0.05, 0.1) is 21.8 Å². The number of rotatable bonds is 2. The normalized spacial score (nSPS) is 21.0. The zero-order valence-electron chi connectivity index (χ0n) is 15.7. The van der Waals surface area contributed by atoms with E-state index in [2.05, 4.69) is 6.07 Å². The molecule has 2 atom stereocenters. The van der Waals surface area contributed by atoms with Gasteiger partial charge in [-0.1, -0.05) is 47.5 Å². The number of halogens is 2. The van der Waals surface area contributed by atoms with Gasteiger partial charge in [-0.25, -0.2) is 5.01 Å². The number of hydrazone groups is 1. The van der Waals surface area contributed by atoms with E-state index < -0.39 is 6.23 Å². The maximum absolute atomic E-state index is 6.36. The van der Waals surface area contributed by atoms with Gasteiger partial charge in [0.15, 0.2) is 11.5 Å². The molecule has 0 saturated carbocycles. The third kappa shape index (κ3) is 2.81. The Morgan fingerprint density at radius 2 is 1.73 bits per heavy atom. The minimum Gasteiger partial charge on any atom is -0.464 e. The standard InChI is InChI=1S/C23H16Cl2N2O3/c24-16-7-5-14(9-17(16)25)23-27-19(15-3-1-2-4-20(15)30-23)11-18(26-27)13-6-8-21-22(10-13)29-12-28-21/h1-10,19,23H,11-12H2/t19-,23-/m1/s1. The average molecular weight is 439 g/mol. The van der Waals surface area contributed by atoms with E-state index in [0.29, 0.717) is 10.0 Å². The maximum Gasteiger partial charge on any atom is 0.231 e. The molecule has 0 radical (unpaired) electrons. The van der Waals surface area contributed by atoms with E-state index in [1.54, 1.807) is 6.07 Å². The summed E-state index contributed by atoms with van der Waals surface area (Å²) in [5.41, 5.74) is 4.01. The predicted octanol–water partition coefficient (Wildman–Crippen LogP) is 5.96. The average Bonchev–Trinajstić information content (AvgIpc) is 3.42. The summed E-state index contributed by atoms with van der Waals surface area (Å²) in [6, 6.07) is 19.7. The van der Waals surface area contributed by atoms with Gasteiger partial charge < -0.3 is 14.2 Å². The number of hydrogen-bond donors (Lipinski definition) is 0. The highest BCUT2D eigenvalue weighted by molar-refractivity contribution is 6.42. The van der Waals surface area contributed by atoms with Crippen molar-refractivity contribution in [3.05, 3.63) is 87.4 Å². The van der Waals surface area contributed by atoms with Crippen molar-refractivity contribution in [3.63, 3.8) is 0 Å². The highest BCUT2D eigenvalue weighted by Crippen LogP contribution is 2.48. The van der Waals surface area contributed by atoms with E-state index in [-0.39, 0.29) is 12.8 Å². The van der Waals surface area contributed by atoms with Crippen LogP contribution in [0.25, 0.3) is 0 Å². The molecule has 0 unspecified atom stereocenters. The molecule has 0 aliphatic carbocycles. The first-order valence-electron chi connectivity index (χ1n) is 9.64. The Bertz CT molecular complexity index is 1200. The molecule has 3 heterocycles. The first-order chi connectivity index (χ1) is 14.7. The number of para-hydroxylation sites is 1. The van der Waals surface area contributed by atoms with E-state index in [9.17, 15) is 0 Å². The van der Waals surface area contributed by atoms with Crippen LogP contribution in [0.15, 0.2) is 65.8 Å². The molecule has 30 heavy (non-hydrogen) atoms. The summed E-state index contributed by atoms with van der Waals surface area (Å²) >= 11 is 12.4. The fraction of sp³-hybridized carbons (Fsp3) is 0.174. The molecule has 0 bridgehead atoms. The minimum absolute atomic E-state index is 0.0647. The number of nitrogens with zero attached hydrogens (tertiary/aromatic N) is 2. The molecule has 7 heteroatoms. The Balaban J connectivity index is 1.43. The van der Waals surface area contributed by atoms with Crippen LogP contribution in [-0.4, -0.2) is 17.5 Å². The van der Waals surface area contributed by atoms with E-state index in [0.717, 1.165) is 46.1 Å². The lowest BCUT2D eigenvalue weighted by molar-refractivity contribution is -0.0190. The van der Waals surface area contributed by atoms with Crippen LogP contribution in [0.2, 0.25) is 10.0 Å². The van der Waals surface area contributed by atoms with Crippen LogP contribution in [0.3, 0.4) is 0 Å². The van der Waals surface area contributed by atoms with Crippen LogP contribution in [0.4, 0.5) is 0 Å². The lowest BCUT2D eigenvalue weighted by Crippen LogP contribution is -2.33. The zero-order valence-corrected chi connectivity index (χ0v) is 17.2. The molecule has 150 valence electrons. The molecule has 0 saturated heterocycles. The van der Waals surface area contributed by atoms with Gasteiger partial charge in [-0.3, -0.25) is 0 Å². The molecular formula is C23H16Cl2N2O3. The predicted molar refractivity (Wildman–Crippen MR) is 115 cm³/mol. The van der Waals surface area contributed by atoms with Crippen molar-refractivity contribution in [2.24, 2.45) is 5.10 Å². The van der Waals surface area contributed by atoms with Gasteiger partial charge in [0, 0.05) is 23.1 Å². The van der Waals surface area contributed by atoms with Crippen molar-refractivity contribution >= 4 is 28.9 Å². The SMILES string of the molecule is Clc1ccc([C@H]2Oc3ccccc3[C@H]3CC(c4ccc5c(c4)OCO5)=NN32)cc1Cl. The summed E-state index contributed by atoms with van der Waals surface area (Å²) in [5.74, 6) is 2.37. The van der Waals surface area contributed by atoms with Crippen LogP contribution in [-0.2, 0) is 0 Å². The third-order valence-electron chi connectivity index (χ3n) is 5.63. The fourth-order valence-electron chi connectivity index (χ4n) is 4.17. The van der Waals surface area contributed by atoms with Gasteiger partial charge in [-0.15, -0.1) is 0 Å². The van der Waals surface area contributed by atoms with Crippen molar-refractivity contribution < 1.29 is 14.2 Å². The molecule has 3 aliphatic rings. The van der Waals surface area contributed by atoms with Crippen molar-refractivity contribution in [2.75, 3.05) is 6.79 Å². The molecule has 0 aromatic heterocycles. The van der Waals surface area contributed by atoms with Gasteiger partial charge in [0.2, 0.25) is 13.0 Å². The zero-order chi connectivity index (χ0) is 20.2. The summed E-state index contributed by atoms with van der Waals surface area (Å²) in [4.78, 5) is 0. The second kappa shape index (κ2) is 6.83. The Hall–Kier alpha value is -2.89. The van der Waals surface area contributed by atoms with Gasteiger partial charge >= 0.3 is 0 Å². The molecule has 3 aromatic rings. The van der Waals surface area contributed by atoms with Crippen LogP contribution < -0.4 is 14.2 Å². The third-order valence-corrected chi connectivity index (χ3v) is 6.37. The lowest BCUT2D eigenvalue weighted by Gasteiger charge is -2.38. The van der Waals surface area contributed by atoms with Crippen LogP contribution in [0.5, 0.6) is 17.2 Å². The highest BCUT2D eigenvalue weighted by atomic mass is 35.5. The van der Waals surface area contributed by atoms with E-state index in [4.69, 9.17) is 42.5 Å². The van der Waals surface area contributed by atoms with Crippen LogP contribution in [0, 0.1) is 0 Å². The van der Waals surface area contributed by atoms with Gasteiger partial charge in [-0.2, -0.15) is 5.10 Å². The topological polar surface area (TPSA) is 43.3 Å².